The van der Waals surface area contributed by atoms with E-state index in [1.807, 2.05) is 4.90 Å². The zero-order chi connectivity index (χ0) is 25.8. The van der Waals surface area contributed by atoms with E-state index in [4.69, 9.17) is 16.3 Å². The topological polar surface area (TPSA) is 87.8 Å². The highest BCUT2D eigenvalue weighted by atomic mass is 35.5. The van der Waals surface area contributed by atoms with Crippen molar-refractivity contribution in [3.8, 4) is 5.75 Å². The number of pyridine rings is 2. The van der Waals surface area contributed by atoms with Gasteiger partial charge >= 0.3 is 6.18 Å². The molecule has 4 heterocycles. The quantitative estimate of drug-likeness (QED) is 0.362. The molecule has 1 aliphatic carbocycles. The van der Waals surface area contributed by atoms with Crippen molar-refractivity contribution in [2.45, 2.75) is 44.5 Å². The first-order valence-corrected chi connectivity index (χ1v) is 11.9. The van der Waals surface area contributed by atoms with Crippen LogP contribution in [0.2, 0.25) is 5.15 Å². The SMILES string of the molecule is CC(C)(O)c1ccc(OCC(F)(F)F)c2nc(NC3[C@@H]4CC[C@H]3CN(c3cc(Cl)ncc3F)C4)nn12. The summed E-state index contributed by atoms with van der Waals surface area (Å²) >= 11 is 5.98. The van der Waals surface area contributed by atoms with Crippen LogP contribution < -0.4 is 15.0 Å². The van der Waals surface area contributed by atoms with E-state index in [0.717, 1.165) is 19.0 Å². The van der Waals surface area contributed by atoms with Crippen molar-refractivity contribution in [1.82, 2.24) is 19.6 Å². The third-order valence-electron chi connectivity index (χ3n) is 6.74. The standard InChI is InChI=1S/C23H25ClF4N6O2/c1-22(2,35)17-6-5-16(36-11-23(26,27)28)20-31-21(32-34(17)20)30-19-12-3-4-13(19)10-33(9-12)15-7-18(24)29-8-14(15)25/h5-8,12-13,19,35H,3-4,9-11H2,1-2H3,(H,30,32)/t12-,13+,19?. The molecule has 0 aromatic carbocycles. The molecule has 5 rings (SSSR count). The summed E-state index contributed by atoms with van der Waals surface area (Å²) in [5.74, 6) is 0.0197. The van der Waals surface area contributed by atoms with Gasteiger partial charge in [-0.3, -0.25) is 0 Å². The monoisotopic (exact) mass is 528 g/mol. The summed E-state index contributed by atoms with van der Waals surface area (Å²) in [6, 6.07) is 4.33. The molecule has 3 atom stereocenters. The van der Waals surface area contributed by atoms with Crippen molar-refractivity contribution >= 4 is 28.9 Å². The van der Waals surface area contributed by atoms with Gasteiger partial charge in [0.1, 0.15) is 10.8 Å². The van der Waals surface area contributed by atoms with E-state index in [-0.39, 0.29) is 40.4 Å². The van der Waals surface area contributed by atoms with Gasteiger partial charge in [0, 0.05) is 25.2 Å². The van der Waals surface area contributed by atoms with Crippen LogP contribution in [0, 0.1) is 17.7 Å². The van der Waals surface area contributed by atoms with Gasteiger partial charge < -0.3 is 20.1 Å². The zero-order valence-corrected chi connectivity index (χ0v) is 20.3. The first-order valence-electron chi connectivity index (χ1n) is 11.5. The number of hydrogen-bond donors (Lipinski definition) is 2. The Morgan fingerprint density at radius 2 is 1.89 bits per heavy atom. The van der Waals surface area contributed by atoms with Gasteiger partial charge in [-0.2, -0.15) is 18.2 Å². The van der Waals surface area contributed by atoms with Crippen LogP contribution in [-0.2, 0) is 5.60 Å². The van der Waals surface area contributed by atoms with Crippen molar-refractivity contribution < 1.29 is 27.4 Å². The number of alkyl halides is 3. The third kappa shape index (κ3) is 4.88. The molecular formula is C23H25ClF4N6O2. The Balaban J connectivity index is 1.41. The minimum atomic E-state index is -4.52. The van der Waals surface area contributed by atoms with Gasteiger partial charge in [0.2, 0.25) is 5.95 Å². The average molecular weight is 529 g/mol. The van der Waals surface area contributed by atoms with E-state index < -0.39 is 24.2 Å². The van der Waals surface area contributed by atoms with E-state index in [9.17, 15) is 22.7 Å². The van der Waals surface area contributed by atoms with Gasteiger partial charge in [-0.15, -0.1) is 5.10 Å². The Morgan fingerprint density at radius 1 is 1.19 bits per heavy atom. The maximum absolute atomic E-state index is 14.4. The number of fused-ring (bicyclic) bond motifs is 3. The van der Waals surface area contributed by atoms with Crippen LogP contribution in [0.4, 0.5) is 29.2 Å². The van der Waals surface area contributed by atoms with Gasteiger partial charge in [-0.1, -0.05) is 11.6 Å². The summed E-state index contributed by atoms with van der Waals surface area (Å²) in [5, 5.41) is 18.6. The van der Waals surface area contributed by atoms with Crippen LogP contribution in [0.1, 0.15) is 32.4 Å². The molecule has 3 aromatic heterocycles. The minimum Gasteiger partial charge on any atom is -0.480 e. The normalized spacial score (nSPS) is 22.3. The first-order chi connectivity index (χ1) is 16.9. The number of piperidine rings is 1. The molecule has 2 aliphatic rings. The van der Waals surface area contributed by atoms with Gasteiger partial charge in [-0.25, -0.2) is 13.9 Å². The van der Waals surface area contributed by atoms with Crippen LogP contribution in [0.5, 0.6) is 5.75 Å². The van der Waals surface area contributed by atoms with Gasteiger partial charge in [0.15, 0.2) is 23.8 Å². The van der Waals surface area contributed by atoms with E-state index >= 15 is 0 Å². The minimum absolute atomic E-state index is 0.0100. The second kappa shape index (κ2) is 8.91. The van der Waals surface area contributed by atoms with E-state index in [1.54, 1.807) is 13.8 Å². The van der Waals surface area contributed by atoms with Crippen molar-refractivity contribution in [3.63, 3.8) is 0 Å². The molecule has 2 bridgehead atoms. The molecule has 0 amide bonds. The van der Waals surface area contributed by atoms with Crippen molar-refractivity contribution in [2.75, 3.05) is 29.9 Å². The van der Waals surface area contributed by atoms with E-state index in [1.165, 1.54) is 22.7 Å². The number of ether oxygens (including phenoxy) is 1. The molecule has 2 fully saturated rings. The van der Waals surface area contributed by atoms with Crippen LogP contribution in [0.3, 0.4) is 0 Å². The van der Waals surface area contributed by atoms with Crippen LogP contribution in [0.15, 0.2) is 24.4 Å². The number of hydrogen-bond acceptors (Lipinski definition) is 7. The lowest BCUT2D eigenvalue weighted by Gasteiger charge is -2.39. The van der Waals surface area contributed by atoms with Gasteiger partial charge in [-0.05, 0) is 50.7 Å². The maximum atomic E-state index is 14.4. The molecule has 1 aliphatic heterocycles. The average Bonchev–Trinajstić information content (AvgIpc) is 3.29. The number of nitrogens with zero attached hydrogens (tertiary/aromatic N) is 5. The summed E-state index contributed by atoms with van der Waals surface area (Å²) in [6.45, 7) is 2.81. The molecule has 3 aromatic rings. The molecule has 2 N–H and O–H groups in total. The molecule has 0 spiro atoms. The molecule has 1 unspecified atom stereocenters. The lowest BCUT2D eigenvalue weighted by molar-refractivity contribution is -0.153. The molecule has 36 heavy (non-hydrogen) atoms. The number of rotatable bonds is 6. The Bertz CT molecular complexity index is 1260. The molecule has 1 saturated heterocycles. The van der Waals surface area contributed by atoms with Gasteiger partial charge in [0.25, 0.3) is 0 Å². The summed E-state index contributed by atoms with van der Waals surface area (Å²) in [7, 11) is 0. The maximum Gasteiger partial charge on any atom is 0.422 e. The highest BCUT2D eigenvalue weighted by Gasteiger charge is 2.43. The number of halogens is 5. The van der Waals surface area contributed by atoms with Crippen molar-refractivity contribution in [2.24, 2.45) is 11.8 Å². The zero-order valence-electron chi connectivity index (χ0n) is 19.6. The highest BCUT2D eigenvalue weighted by molar-refractivity contribution is 6.29. The van der Waals surface area contributed by atoms with Crippen molar-refractivity contribution in [3.05, 3.63) is 41.1 Å². The third-order valence-corrected chi connectivity index (χ3v) is 6.95. The molecule has 1 saturated carbocycles. The number of aliphatic hydroxyl groups is 1. The summed E-state index contributed by atoms with van der Waals surface area (Å²) in [6.07, 6.45) is -1.56. The fourth-order valence-electron chi connectivity index (χ4n) is 5.19. The number of aromatic nitrogens is 4. The highest BCUT2D eigenvalue weighted by Crippen LogP contribution is 2.41. The number of nitrogens with one attached hydrogen (secondary N) is 1. The van der Waals surface area contributed by atoms with E-state index in [0.29, 0.717) is 24.5 Å². The van der Waals surface area contributed by atoms with Crippen LogP contribution in [-0.4, -0.2) is 56.6 Å². The number of anilines is 2. The first kappa shape index (κ1) is 24.8. The fraction of sp³-hybridized carbons (Fsp3) is 0.522. The molecule has 13 heteroatoms. The summed E-state index contributed by atoms with van der Waals surface area (Å²) in [4.78, 5) is 10.2. The lowest BCUT2D eigenvalue weighted by atomic mass is 9.92. The Hall–Kier alpha value is -2.86. The Kier molecular flexibility index (Phi) is 6.14. The molecular weight excluding hydrogens is 504 g/mol. The molecule has 8 nitrogen and oxygen atoms in total. The predicted molar refractivity (Wildman–Crippen MR) is 125 cm³/mol. The summed E-state index contributed by atoms with van der Waals surface area (Å²) in [5.41, 5.74) is -0.496. The summed E-state index contributed by atoms with van der Waals surface area (Å²) < 4.78 is 59.0. The van der Waals surface area contributed by atoms with E-state index in [2.05, 4.69) is 20.4 Å². The van der Waals surface area contributed by atoms with Gasteiger partial charge in [0.05, 0.1) is 17.6 Å². The predicted octanol–water partition coefficient (Wildman–Crippen LogP) is 4.41. The Morgan fingerprint density at radius 3 is 2.53 bits per heavy atom. The van der Waals surface area contributed by atoms with Crippen molar-refractivity contribution in [1.29, 1.82) is 0 Å². The second-order valence-electron chi connectivity index (χ2n) is 9.85. The lowest BCUT2D eigenvalue weighted by Crippen LogP contribution is -2.48. The van der Waals surface area contributed by atoms with Crippen LogP contribution >= 0.6 is 11.6 Å². The molecule has 0 radical (unpaired) electrons. The largest absolute Gasteiger partial charge is 0.480 e. The second-order valence-corrected chi connectivity index (χ2v) is 10.2. The van der Waals surface area contributed by atoms with Crippen LogP contribution in [0.25, 0.3) is 5.65 Å². The molecule has 194 valence electrons. The Labute approximate surface area is 209 Å². The smallest absolute Gasteiger partial charge is 0.422 e. The fourth-order valence-corrected chi connectivity index (χ4v) is 5.34.